The molecule has 0 aliphatic rings. The summed E-state index contributed by atoms with van der Waals surface area (Å²) in [6, 6.07) is 1.73. The fourth-order valence-electron chi connectivity index (χ4n) is 1.88. The summed E-state index contributed by atoms with van der Waals surface area (Å²) in [6.45, 7) is 0.222. The van der Waals surface area contributed by atoms with Crippen molar-refractivity contribution in [2.75, 3.05) is 5.73 Å². The number of aromatic amines is 1. The van der Waals surface area contributed by atoms with Crippen molar-refractivity contribution in [3.8, 4) is 5.88 Å². The predicted octanol–water partition coefficient (Wildman–Crippen LogP) is 0.364. The summed E-state index contributed by atoms with van der Waals surface area (Å²) in [7, 11) is -3.54. The lowest BCUT2D eigenvalue weighted by Gasteiger charge is -2.04. The standard InChI is InChI=1S/C11H12N6O3S2/c12-11-16-9-8(14-5-15-9)10(17-11)20-2-7-1-6(3-21-7)4-22(13,18)19/h1,3,5H,2,4H2,(H2,13,18,19)(H3,12,14,15,16,17). The van der Waals surface area contributed by atoms with Crippen LogP contribution >= 0.6 is 11.3 Å². The van der Waals surface area contributed by atoms with Crippen LogP contribution in [0.1, 0.15) is 10.4 Å². The highest BCUT2D eigenvalue weighted by atomic mass is 32.2. The summed E-state index contributed by atoms with van der Waals surface area (Å²) in [5.41, 5.74) is 7.19. The van der Waals surface area contributed by atoms with E-state index < -0.39 is 10.0 Å². The Morgan fingerprint density at radius 2 is 2.18 bits per heavy atom. The van der Waals surface area contributed by atoms with E-state index >= 15 is 0 Å². The third-order valence-corrected chi connectivity index (χ3v) is 4.39. The molecule has 3 aromatic rings. The van der Waals surface area contributed by atoms with E-state index in [1.54, 1.807) is 11.4 Å². The van der Waals surface area contributed by atoms with Crippen molar-refractivity contribution in [2.45, 2.75) is 12.4 Å². The molecule has 9 nitrogen and oxygen atoms in total. The maximum Gasteiger partial charge on any atom is 0.245 e. The maximum absolute atomic E-state index is 11.1. The summed E-state index contributed by atoms with van der Waals surface area (Å²) in [6.07, 6.45) is 1.47. The number of anilines is 1. The Morgan fingerprint density at radius 1 is 1.36 bits per heavy atom. The van der Waals surface area contributed by atoms with Crippen LogP contribution in [-0.4, -0.2) is 28.4 Å². The molecule has 0 radical (unpaired) electrons. The van der Waals surface area contributed by atoms with Crippen LogP contribution in [0.3, 0.4) is 0 Å². The van der Waals surface area contributed by atoms with E-state index in [0.29, 0.717) is 22.6 Å². The fraction of sp³-hybridized carbons (Fsp3) is 0.182. The van der Waals surface area contributed by atoms with Crippen LogP contribution < -0.4 is 15.6 Å². The monoisotopic (exact) mass is 340 g/mol. The molecule has 116 valence electrons. The van der Waals surface area contributed by atoms with Gasteiger partial charge >= 0.3 is 0 Å². The van der Waals surface area contributed by atoms with Gasteiger partial charge in [0, 0.05) is 4.88 Å². The molecule has 0 saturated heterocycles. The van der Waals surface area contributed by atoms with Crippen LogP contribution in [-0.2, 0) is 22.4 Å². The first-order chi connectivity index (χ1) is 10.4. The lowest BCUT2D eigenvalue weighted by Crippen LogP contribution is -2.13. The first-order valence-corrected chi connectivity index (χ1v) is 8.66. The third kappa shape index (κ3) is 3.32. The molecule has 0 amide bonds. The molecular formula is C11H12N6O3S2. The molecule has 22 heavy (non-hydrogen) atoms. The van der Waals surface area contributed by atoms with Gasteiger partial charge < -0.3 is 15.5 Å². The van der Waals surface area contributed by atoms with E-state index in [1.165, 1.54) is 17.7 Å². The van der Waals surface area contributed by atoms with Crippen molar-refractivity contribution < 1.29 is 13.2 Å². The van der Waals surface area contributed by atoms with E-state index in [4.69, 9.17) is 15.6 Å². The Bertz CT molecular complexity index is 917. The number of primary sulfonamides is 1. The van der Waals surface area contributed by atoms with Gasteiger partial charge in [-0.1, -0.05) is 0 Å². The molecule has 0 atom stereocenters. The molecule has 0 unspecified atom stereocenters. The summed E-state index contributed by atoms with van der Waals surface area (Å²) < 4.78 is 27.7. The second-order valence-electron chi connectivity index (χ2n) is 4.51. The summed E-state index contributed by atoms with van der Waals surface area (Å²) in [5.74, 6) is 0.159. The minimum atomic E-state index is -3.54. The smallest absolute Gasteiger partial charge is 0.245 e. The average Bonchev–Trinajstić information content (AvgIpc) is 3.02. The number of nitrogen functional groups attached to an aromatic ring is 1. The number of nitrogens with one attached hydrogen (secondary N) is 1. The van der Waals surface area contributed by atoms with E-state index in [9.17, 15) is 8.42 Å². The second kappa shape index (κ2) is 5.51. The molecule has 3 rings (SSSR count). The number of nitrogens with zero attached hydrogens (tertiary/aromatic N) is 3. The number of imidazole rings is 1. The topological polar surface area (TPSA) is 150 Å². The molecule has 0 saturated carbocycles. The minimum absolute atomic E-state index is 0.0655. The Kier molecular flexibility index (Phi) is 3.68. The fourth-order valence-corrected chi connectivity index (χ4v) is 3.41. The third-order valence-electron chi connectivity index (χ3n) is 2.70. The van der Waals surface area contributed by atoms with Crippen molar-refractivity contribution in [1.29, 1.82) is 0 Å². The first-order valence-electron chi connectivity index (χ1n) is 6.07. The van der Waals surface area contributed by atoms with Gasteiger partial charge in [0.1, 0.15) is 12.1 Å². The second-order valence-corrected chi connectivity index (χ2v) is 7.12. The normalized spacial score (nSPS) is 11.9. The number of sulfonamides is 1. The van der Waals surface area contributed by atoms with Crippen molar-refractivity contribution >= 4 is 38.5 Å². The van der Waals surface area contributed by atoms with Crippen LogP contribution in [0.5, 0.6) is 5.88 Å². The first kappa shape index (κ1) is 14.7. The molecule has 11 heteroatoms. The van der Waals surface area contributed by atoms with Gasteiger partial charge in [-0.25, -0.2) is 18.5 Å². The van der Waals surface area contributed by atoms with E-state index in [1.807, 2.05) is 0 Å². The number of rotatable bonds is 5. The molecule has 0 bridgehead atoms. The Balaban J connectivity index is 1.76. The van der Waals surface area contributed by atoms with Gasteiger partial charge in [0.25, 0.3) is 0 Å². The largest absolute Gasteiger partial charge is 0.470 e. The molecular weight excluding hydrogens is 328 g/mol. The summed E-state index contributed by atoms with van der Waals surface area (Å²) >= 11 is 1.38. The van der Waals surface area contributed by atoms with Crippen LogP contribution in [0.4, 0.5) is 5.95 Å². The number of hydrogen-bond acceptors (Lipinski definition) is 8. The molecule has 3 heterocycles. The number of H-pyrrole nitrogens is 1. The average molecular weight is 340 g/mol. The number of aromatic nitrogens is 4. The molecule has 5 N–H and O–H groups in total. The number of thiophene rings is 1. The quantitative estimate of drug-likeness (QED) is 0.607. The lowest BCUT2D eigenvalue weighted by atomic mass is 10.3. The maximum atomic E-state index is 11.1. The van der Waals surface area contributed by atoms with Crippen molar-refractivity contribution in [1.82, 2.24) is 19.9 Å². The van der Waals surface area contributed by atoms with Crippen LogP contribution in [0, 0.1) is 0 Å². The number of ether oxygens (including phenoxy) is 1. The van der Waals surface area contributed by atoms with Gasteiger partial charge in [-0.15, -0.1) is 11.3 Å². The van der Waals surface area contributed by atoms with Gasteiger partial charge in [0.05, 0.1) is 12.1 Å². The zero-order chi connectivity index (χ0) is 15.7. The van der Waals surface area contributed by atoms with Crippen LogP contribution in [0.25, 0.3) is 11.2 Å². The molecule has 0 aliphatic carbocycles. The molecule has 0 spiro atoms. The van der Waals surface area contributed by atoms with E-state index in [2.05, 4.69) is 19.9 Å². The van der Waals surface area contributed by atoms with Gasteiger partial charge in [0.15, 0.2) is 5.65 Å². The van der Waals surface area contributed by atoms with Crippen LogP contribution in [0.2, 0.25) is 0 Å². The summed E-state index contributed by atoms with van der Waals surface area (Å²) in [4.78, 5) is 15.7. The van der Waals surface area contributed by atoms with Crippen molar-refractivity contribution in [2.24, 2.45) is 5.14 Å². The number of fused-ring (bicyclic) bond motifs is 1. The predicted molar refractivity (Wildman–Crippen MR) is 81.6 cm³/mol. The SMILES string of the molecule is Nc1nc(OCc2cc(CS(N)(=O)=O)cs2)c2[nH]cnc2n1. The zero-order valence-corrected chi connectivity index (χ0v) is 12.8. The highest BCUT2D eigenvalue weighted by Crippen LogP contribution is 2.23. The Hall–Kier alpha value is -2.24. The number of nitrogens with two attached hydrogens (primary N) is 2. The van der Waals surface area contributed by atoms with E-state index in [-0.39, 0.29) is 18.3 Å². The number of hydrogen-bond donors (Lipinski definition) is 3. The van der Waals surface area contributed by atoms with Crippen molar-refractivity contribution in [3.63, 3.8) is 0 Å². The minimum Gasteiger partial charge on any atom is -0.470 e. The Labute approximate surface area is 129 Å². The highest BCUT2D eigenvalue weighted by molar-refractivity contribution is 7.88. The van der Waals surface area contributed by atoms with Gasteiger partial charge in [0.2, 0.25) is 21.9 Å². The van der Waals surface area contributed by atoms with E-state index in [0.717, 1.165) is 4.88 Å². The highest BCUT2D eigenvalue weighted by Gasteiger charge is 2.12. The van der Waals surface area contributed by atoms with Crippen LogP contribution in [0.15, 0.2) is 17.8 Å². The molecule has 0 aliphatic heterocycles. The molecule has 0 fully saturated rings. The lowest BCUT2D eigenvalue weighted by molar-refractivity contribution is 0.301. The van der Waals surface area contributed by atoms with Crippen molar-refractivity contribution in [3.05, 3.63) is 28.2 Å². The molecule has 3 aromatic heterocycles. The summed E-state index contributed by atoms with van der Waals surface area (Å²) in [5, 5.41) is 6.74. The van der Waals surface area contributed by atoms with Gasteiger partial charge in [-0.2, -0.15) is 9.97 Å². The van der Waals surface area contributed by atoms with Gasteiger partial charge in [-0.3, -0.25) is 0 Å². The van der Waals surface area contributed by atoms with Gasteiger partial charge in [-0.05, 0) is 17.0 Å². The zero-order valence-electron chi connectivity index (χ0n) is 11.2. The molecule has 0 aromatic carbocycles. The Morgan fingerprint density at radius 3 is 2.95 bits per heavy atom.